The van der Waals surface area contributed by atoms with Gasteiger partial charge in [0.05, 0.1) is 11.6 Å². The maximum Gasteiger partial charge on any atom is 0.141 e. The van der Waals surface area contributed by atoms with Crippen LogP contribution in [0, 0.1) is 5.41 Å². The van der Waals surface area contributed by atoms with Gasteiger partial charge in [0.25, 0.3) is 0 Å². The summed E-state index contributed by atoms with van der Waals surface area (Å²) in [6.07, 6.45) is 1.86. The fraction of sp³-hybridized carbons (Fsp3) is 0.684. The molecule has 0 fully saturated rings. The molecule has 1 unspecified atom stereocenters. The largest absolute Gasteiger partial charge is 0.492 e. The minimum absolute atomic E-state index is 0.0548. The molecule has 0 heterocycles. The summed E-state index contributed by atoms with van der Waals surface area (Å²) in [6, 6.07) is 4.37. The minimum Gasteiger partial charge on any atom is -0.492 e. The van der Waals surface area contributed by atoms with E-state index in [0.717, 1.165) is 24.2 Å². The highest BCUT2D eigenvalue weighted by molar-refractivity contribution is 6.32. The van der Waals surface area contributed by atoms with Crippen LogP contribution in [0.2, 0.25) is 5.02 Å². The van der Waals surface area contributed by atoms with Crippen molar-refractivity contribution in [3.63, 3.8) is 0 Å². The zero-order valence-electron chi connectivity index (χ0n) is 15.2. The van der Waals surface area contributed by atoms with Crippen LogP contribution >= 0.6 is 11.6 Å². The van der Waals surface area contributed by atoms with Crippen molar-refractivity contribution in [1.82, 2.24) is 0 Å². The Morgan fingerprint density at radius 2 is 1.77 bits per heavy atom. The van der Waals surface area contributed by atoms with Gasteiger partial charge in [0.15, 0.2) is 0 Å². The lowest BCUT2D eigenvalue weighted by Crippen LogP contribution is -2.25. The highest BCUT2D eigenvalue weighted by Gasteiger charge is 2.29. The Hall–Kier alpha value is -0.730. The number of hydrogen-bond donors (Lipinski definition) is 1. The van der Waals surface area contributed by atoms with Crippen LogP contribution in [0.5, 0.6) is 5.75 Å². The topological polar surface area (TPSA) is 35.2 Å². The molecule has 0 aliphatic carbocycles. The summed E-state index contributed by atoms with van der Waals surface area (Å²) < 4.78 is 5.75. The predicted octanol–water partition coefficient (Wildman–Crippen LogP) is 5.34. The van der Waals surface area contributed by atoms with Crippen molar-refractivity contribution >= 4 is 11.6 Å². The fourth-order valence-electron chi connectivity index (χ4n) is 3.27. The molecule has 1 rings (SSSR count). The van der Waals surface area contributed by atoms with E-state index in [1.54, 1.807) is 0 Å². The summed E-state index contributed by atoms with van der Waals surface area (Å²) in [5, 5.41) is 0.692. The van der Waals surface area contributed by atoms with Gasteiger partial charge in [-0.25, -0.2) is 0 Å². The molecule has 0 bridgehead atoms. The molecule has 0 aliphatic rings. The summed E-state index contributed by atoms with van der Waals surface area (Å²) in [5.41, 5.74) is 8.68. The lowest BCUT2D eigenvalue weighted by atomic mass is 9.72. The second kappa shape index (κ2) is 7.23. The number of ether oxygens (including phenoxy) is 1. The van der Waals surface area contributed by atoms with Crippen LogP contribution < -0.4 is 10.5 Å². The van der Waals surface area contributed by atoms with Gasteiger partial charge in [-0.1, -0.05) is 52.3 Å². The monoisotopic (exact) mass is 325 g/mol. The van der Waals surface area contributed by atoms with Gasteiger partial charge in [-0.3, -0.25) is 0 Å². The molecule has 0 saturated carbocycles. The van der Waals surface area contributed by atoms with Crippen molar-refractivity contribution in [3.05, 3.63) is 28.3 Å². The van der Waals surface area contributed by atoms with Gasteiger partial charge in [-0.15, -0.1) is 0 Å². The molecule has 2 N–H and O–H groups in total. The Morgan fingerprint density at radius 1 is 1.18 bits per heavy atom. The van der Waals surface area contributed by atoms with Gasteiger partial charge in [0.1, 0.15) is 5.75 Å². The second-order valence-corrected chi connectivity index (χ2v) is 8.59. The molecule has 0 radical (unpaired) electrons. The lowest BCUT2D eigenvalue weighted by molar-refractivity contribution is 0.283. The molecular formula is C19H32ClNO. The van der Waals surface area contributed by atoms with Gasteiger partial charge in [0.2, 0.25) is 0 Å². The zero-order valence-corrected chi connectivity index (χ0v) is 16.0. The number of rotatable bonds is 6. The molecule has 126 valence electrons. The van der Waals surface area contributed by atoms with Crippen LogP contribution in [-0.2, 0) is 11.8 Å². The van der Waals surface area contributed by atoms with E-state index in [1.165, 1.54) is 5.56 Å². The third-order valence-electron chi connectivity index (χ3n) is 3.70. The number of hydrogen-bond acceptors (Lipinski definition) is 2. The van der Waals surface area contributed by atoms with Gasteiger partial charge < -0.3 is 10.5 Å². The molecule has 1 aromatic rings. The smallest absolute Gasteiger partial charge is 0.141 e. The summed E-state index contributed by atoms with van der Waals surface area (Å²) >= 11 is 6.51. The molecule has 0 spiro atoms. The molecule has 2 nitrogen and oxygen atoms in total. The summed E-state index contributed by atoms with van der Waals surface area (Å²) in [6.45, 7) is 16.0. The highest BCUT2D eigenvalue weighted by atomic mass is 35.5. The average molecular weight is 326 g/mol. The van der Waals surface area contributed by atoms with Crippen molar-refractivity contribution in [2.75, 3.05) is 6.61 Å². The van der Waals surface area contributed by atoms with Gasteiger partial charge in [-0.05, 0) is 54.7 Å². The van der Waals surface area contributed by atoms with Crippen LogP contribution in [0.25, 0.3) is 0 Å². The number of benzene rings is 1. The molecule has 0 aliphatic heterocycles. The highest BCUT2D eigenvalue weighted by Crippen LogP contribution is 2.40. The van der Waals surface area contributed by atoms with Crippen molar-refractivity contribution in [3.8, 4) is 5.75 Å². The second-order valence-electron chi connectivity index (χ2n) is 8.18. The van der Waals surface area contributed by atoms with Crippen molar-refractivity contribution in [2.24, 2.45) is 11.1 Å². The first-order valence-corrected chi connectivity index (χ1v) is 8.55. The SMILES string of the molecule is CCOc1c(Cl)cc(C(C)(C)CC(C)(C)C)cc1CC(C)N. The Bertz CT molecular complexity index is 501. The van der Waals surface area contributed by atoms with Crippen LogP contribution in [-0.4, -0.2) is 12.6 Å². The Labute approximate surface area is 141 Å². The first-order valence-electron chi connectivity index (χ1n) is 8.17. The van der Waals surface area contributed by atoms with Gasteiger partial charge >= 0.3 is 0 Å². The van der Waals surface area contributed by atoms with Crippen LogP contribution in [0.15, 0.2) is 12.1 Å². The summed E-state index contributed by atoms with van der Waals surface area (Å²) in [7, 11) is 0. The minimum atomic E-state index is 0.0548. The van der Waals surface area contributed by atoms with Crippen molar-refractivity contribution in [2.45, 2.75) is 72.8 Å². The van der Waals surface area contributed by atoms with Crippen LogP contribution in [0.4, 0.5) is 0 Å². The Morgan fingerprint density at radius 3 is 2.23 bits per heavy atom. The van der Waals surface area contributed by atoms with E-state index in [2.05, 4.69) is 46.8 Å². The predicted molar refractivity (Wildman–Crippen MR) is 97.1 cm³/mol. The van der Waals surface area contributed by atoms with E-state index in [-0.39, 0.29) is 16.9 Å². The third kappa shape index (κ3) is 5.48. The zero-order chi connectivity index (χ0) is 17.1. The Balaban J connectivity index is 3.30. The van der Waals surface area contributed by atoms with Gasteiger partial charge in [0, 0.05) is 6.04 Å². The van der Waals surface area contributed by atoms with Crippen LogP contribution in [0.1, 0.15) is 66.0 Å². The quantitative estimate of drug-likeness (QED) is 0.766. The van der Waals surface area contributed by atoms with E-state index in [4.69, 9.17) is 22.1 Å². The van der Waals surface area contributed by atoms with Crippen molar-refractivity contribution < 1.29 is 4.74 Å². The summed E-state index contributed by atoms with van der Waals surface area (Å²) in [4.78, 5) is 0. The molecular weight excluding hydrogens is 294 g/mol. The molecule has 0 amide bonds. The molecule has 0 aromatic heterocycles. The maximum absolute atomic E-state index is 6.51. The first kappa shape index (κ1) is 19.3. The fourth-order valence-corrected chi connectivity index (χ4v) is 3.57. The van der Waals surface area contributed by atoms with E-state index in [0.29, 0.717) is 11.6 Å². The van der Waals surface area contributed by atoms with Crippen molar-refractivity contribution in [1.29, 1.82) is 0 Å². The summed E-state index contributed by atoms with van der Waals surface area (Å²) in [5.74, 6) is 0.789. The van der Waals surface area contributed by atoms with E-state index < -0.39 is 0 Å². The standard InChI is InChI=1S/C19H32ClNO/c1-8-22-17-14(9-13(2)21)10-15(11-16(17)20)19(6,7)12-18(3,4)5/h10-11,13H,8-9,12,21H2,1-7H3. The lowest BCUT2D eigenvalue weighted by Gasteiger charge is -2.34. The third-order valence-corrected chi connectivity index (χ3v) is 3.99. The number of halogens is 1. The van der Waals surface area contributed by atoms with E-state index >= 15 is 0 Å². The molecule has 1 aromatic carbocycles. The Kier molecular flexibility index (Phi) is 6.35. The molecule has 22 heavy (non-hydrogen) atoms. The van der Waals surface area contributed by atoms with E-state index in [1.807, 2.05) is 13.8 Å². The van der Waals surface area contributed by atoms with E-state index in [9.17, 15) is 0 Å². The number of nitrogens with two attached hydrogens (primary N) is 1. The molecule has 3 heteroatoms. The molecule has 1 atom stereocenters. The maximum atomic E-state index is 6.51. The van der Waals surface area contributed by atoms with Crippen LogP contribution in [0.3, 0.4) is 0 Å². The normalized spacial score (nSPS) is 14.0. The first-order chi connectivity index (χ1) is 9.96. The van der Waals surface area contributed by atoms with Gasteiger partial charge in [-0.2, -0.15) is 0 Å². The molecule has 0 saturated heterocycles. The average Bonchev–Trinajstić information content (AvgIpc) is 2.29.